The summed E-state index contributed by atoms with van der Waals surface area (Å²) in [6.07, 6.45) is 0. The average molecular weight is 283 g/mol. The number of carboxylic acids is 1. The third-order valence-electron chi connectivity index (χ3n) is 2.44. The zero-order valence-corrected chi connectivity index (χ0v) is 12.7. The smallest absolute Gasteiger partial charge is 0.338 e. The summed E-state index contributed by atoms with van der Waals surface area (Å²) in [5.41, 5.74) is 1.90. The molecular formula is C14H21NO3S. The number of aromatic nitrogens is 1. The molecule has 1 N–H and O–H groups in total. The number of thioether (sulfide) groups is 1. The van der Waals surface area contributed by atoms with E-state index in [1.54, 1.807) is 13.0 Å². The minimum absolute atomic E-state index is 0.305. The van der Waals surface area contributed by atoms with E-state index in [0.717, 1.165) is 17.9 Å². The molecule has 0 saturated heterocycles. The Morgan fingerprint density at radius 1 is 1.47 bits per heavy atom. The van der Waals surface area contributed by atoms with Crippen LogP contribution in [0.15, 0.2) is 11.1 Å². The highest BCUT2D eigenvalue weighted by Gasteiger charge is 2.15. The summed E-state index contributed by atoms with van der Waals surface area (Å²) in [5, 5.41) is 9.81. The molecule has 0 spiro atoms. The highest BCUT2D eigenvalue weighted by molar-refractivity contribution is 7.99. The molecule has 0 aliphatic carbocycles. The lowest BCUT2D eigenvalue weighted by Crippen LogP contribution is -2.08. The van der Waals surface area contributed by atoms with Gasteiger partial charge in [0, 0.05) is 18.1 Å². The second-order valence-electron chi connectivity index (χ2n) is 4.88. The number of rotatable bonds is 7. The lowest BCUT2D eigenvalue weighted by molar-refractivity contribution is 0.0691. The first-order valence-corrected chi connectivity index (χ1v) is 7.32. The Balaban J connectivity index is 2.64. The minimum Gasteiger partial charge on any atom is -0.478 e. The predicted molar refractivity (Wildman–Crippen MR) is 77.1 cm³/mol. The van der Waals surface area contributed by atoms with Gasteiger partial charge in [-0.25, -0.2) is 9.78 Å². The first kappa shape index (κ1) is 16.0. The maximum absolute atomic E-state index is 11.2. The van der Waals surface area contributed by atoms with Gasteiger partial charge in [-0.2, -0.15) is 0 Å². The molecule has 0 amide bonds. The van der Waals surface area contributed by atoms with E-state index >= 15 is 0 Å². The Morgan fingerprint density at radius 2 is 2.16 bits per heavy atom. The van der Waals surface area contributed by atoms with Crippen LogP contribution in [0, 0.1) is 19.8 Å². The third-order valence-corrected chi connectivity index (χ3v) is 3.38. The molecule has 0 fully saturated rings. The molecule has 0 bridgehead atoms. The van der Waals surface area contributed by atoms with Gasteiger partial charge in [0.15, 0.2) is 0 Å². The molecule has 1 aromatic rings. The fourth-order valence-corrected chi connectivity index (χ4v) is 2.68. The number of nitrogens with zero attached hydrogens (tertiary/aromatic N) is 1. The second kappa shape index (κ2) is 7.50. The summed E-state index contributed by atoms with van der Waals surface area (Å²) in [6, 6.07) is 1.79. The molecule has 5 heteroatoms. The van der Waals surface area contributed by atoms with Crippen LogP contribution in [-0.4, -0.2) is 35.0 Å². The molecule has 1 rings (SSSR count). The Hall–Kier alpha value is -1.07. The molecule has 0 aliphatic heterocycles. The van der Waals surface area contributed by atoms with Gasteiger partial charge < -0.3 is 9.84 Å². The molecule has 1 aromatic heterocycles. The van der Waals surface area contributed by atoms with Crippen LogP contribution in [0.25, 0.3) is 0 Å². The molecule has 0 atom stereocenters. The van der Waals surface area contributed by atoms with Gasteiger partial charge in [0.1, 0.15) is 5.03 Å². The van der Waals surface area contributed by atoms with Gasteiger partial charge in [-0.3, -0.25) is 0 Å². The quantitative estimate of drug-likeness (QED) is 0.615. The minimum atomic E-state index is -0.921. The molecule has 106 valence electrons. The molecule has 0 unspecified atom stereocenters. The van der Waals surface area contributed by atoms with E-state index in [9.17, 15) is 9.90 Å². The van der Waals surface area contributed by atoms with Gasteiger partial charge >= 0.3 is 5.97 Å². The molecule has 4 nitrogen and oxygen atoms in total. The van der Waals surface area contributed by atoms with E-state index in [-0.39, 0.29) is 0 Å². The molecule has 0 radical (unpaired) electrons. The lowest BCUT2D eigenvalue weighted by atomic mass is 10.1. The van der Waals surface area contributed by atoms with Crippen molar-refractivity contribution in [2.24, 2.45) is 5.92 Å². The van der Waals surface area contributed by atoms with Crippen LogP contribution in [0.1, 0.15) is 35.5 Å². The van der Waals surface area contributed by atoms with Gasteiger partial charge in [-0.15, -0.1) is 11.8 Å². The number of carbonyl (C=O) groups is 1. The predicted octanol–water partition coefficient (Wildman–Crippen LogP) is 3.16. The summed E-state index contributed by atoms with van der Waals surface area (Å²) in [5.74, 6) is 0.303. The van der Waals surface area contributed by atoms with E-state index < -0.39 is 5.97 Å². The topological polar surface area (TPSA) is 59.4 Å². The van der Waals surface area contributed by atoms with E-state index in [1.165, 1.54) is 11.8 Å². The van der Waals surface area contributed by atoms with Crippen LogP contribution in [0.5, 0.6) is 0 Å². The largest absolute Gasteiger partial charge is 0.478 e. The van der Waals surface area contributed by atoms with Crippen molar-refractivity contribution in [3.05, 3.63) is 22.9 Å². The number of pyridine rings is 1. The highest BCUT2D eigenvalue weighted by atomic mass is 32.2. The number of ether oxygens (including phenoxy) is 1. The zero-order valence-electron chi connectivity index (χ0n) is 11.9. The number of hydrogen-bond donors (Lipinski definition) is 1. The second-order valence-corrected chi connectivity index (χ2v) is 5.97. The Kier molecular flexibility index (Phi) is 6.31. The van der Waals surface area contributed by atoms with Crippen molar-refractivity contribution in [2.45, 2.75) is 32.7 Å². The Bertz CT molecular complexity index is 447. The Morgan fingerprint density at radius 3 is 2.74 bits per heavy atom. The summed E-state index contributed by atoms with van der Waals surface area (Å²) in [7, 11) is 0. The zero-order chi connectivity index (χ0) is 14.4. The van der Waals surface area contributed by atoms with Crippen molar-refractivity contribution in [1.29, 1.82) is 0 Å². The van der Waals surface area contributed by atoms with Crippen molar-refractivity contribution >= 4 is 17.7 Å². The maximum Gasteiger partial charge on any atom is 0.338 e. The number of aromatic carboxylic acids is 1. The summed E-state index contributed by atoms with van der Waals surface area (Å²) < 4.78 is 5.48. The first-order valence-electron chi connectivity index (χ1n) is 6.34. The summed E-state index contributed by atoms with van der Waals surface area (Å²) in [6.45, 7) is 9.21. The summed E-state index contributed by atoms with van der Waals surface area (Å²) in [4.78, 5) is 15.6. The third kappa shape index (κ3) is 5.20. The van der Waals surface area contributed by atoms with Crippen LogP contribution in [-0.2, 0) is 4.74 Å². The van der Waals surface area contributed by atoms with Crippen LogP contribution in [0.3, 0.4) is 0 Å². The molecule has 0 saturated carbocycles. The van der Waals surface area contributed by atoms with Gasteiger partial charge in [-0.05, 0) is 31.4 Å². The fraction of sp³-hybridized carbons (Fsp3) is 0.571. The van der Waals surface area contributed by atoms with Crippen LogP contribution in [0.4, 0.5) is 0 Å². The van der Waals surface area contributed by atoms with Gasteiger partial charge in [0.2, 0.25) is 0 Å². The monoisotopic (exact) mass is 283 g/mol. The van der Waals surface area contributed by atoms with Gasteiger partial charge in [-0.1, -0.05) is 13.8 Å². The number of hydrogen-bond acceptors (Lipinski definition) is 4. The Labute approximate surface area is 118 Å². The number of carboxylic acid groups (broad SMARTS) is 1. The van der Waals surface area contributed by atoms with Crippen molar-refractivity contribution in [3.8, 4) is 0 Å². The SMILES string of the molecule is Cc1cc(C)c(C(=O)O)c(SCCOCC(C)C)n1. The van der Waals surface area contributed by atoms with Crippen molar-refractivity contribution in [3.63, 3.8) is 0 Å². The van der Waals surface area contributed by atoms with Crippen LogP contribution in [0.2, 0.25) is 0 Å². The van der Waals surface area contributed by atoms with Crippen LogP contribution < -0.4 is 0 Å². The highest BCUT2D eigenvalue weighted by Crippen LogP contribution is 2.24. The first-order chi connectivity index (χ1) is 8.91. The normalized spacial score (nSPS) is 11.0. The lowest BCUT2D eigenvalue weighted by Gasteiger charge is -2.10. The fourth-order valence-electron chi connectivity index (χ4n) is 1.68. The average Bonchev–Trinajstić information content (AvgIpc) is 2.26. The van der Waals surface area contributed by atoms with Gasteiger partial charge in [0.05, 0.1) is 12.2 Å². The van der Waals surface area contributed by atoms with E-state index in [0.29, 0.717) is 28.9 Å². The molecule has 0 aliphatic rings. The van der Waals surface area contributed by atoms with E-state index in [4.69, 9.17) is 4.74 Å². The number of aryl methyl sites for hydroxylation is 2. The van der Waals surface area contributed by atoms with Crippen LogP contribution >= 0.6 is 11.8 Å². The van der Waals surface area contributed by atoms with Crippen molar-refractivity contribution in [1.82, 2.24) is 4.98 Å². The maximum atomic E-state index is 11.2. The van der Waals surface area contributed by atoms with Gasteiger partial charge in [0.25, 0.3) is 0 Å². The van der Waals surface area contributed by atoms with Crippen molar-refractivity contribution in [2.75, 3.05) is 19.0 Å². The molecule has 19 heavy (non-hydrogen) atoms. The molecular weight excluding hydrogens is 262 g/mol. The van der Waals surface area contributed by atoms with E-state index in [1.807, 2.05) is 6.92 Å². The standard InChI is InChI=1S/C14H21NO3S/c1-9(2)8-18-5-6-19-13-12(14(16)17)10(3)7-11(4)15-13/h7,9H,5-6,8H2,1-4H3,(H,16,17). The molecule has 1 heterocycles. The molecule has 0 aromatic carbocycles. The van der Waals surface area contributed by atoms with Crippen molar-refractivity contribution < 1.29 is 14.6 Å². The summed E-state index contributed by atoms with van der Waals surface area (Å²) >= 11 is 1.44. The van der Waals surface area contributed by atoms with E-state index in [2.05, 4.69) is 18.8 Å².